The second-order valence-corrected chi connectivity index (χ2v) is 4.64. The third-order valence-electron chi connectivity index (χ3n) is 3.31. The molecule has 0 radical (unpaired) electrons. The molecular weight excluding hydrogens is 132 g/mol. The molecule has 0 heterocycles. The zero-order chi connectivity index (χ0) is 8.22. The Labute approximate surface area is 69.0 Å². The van der Waals surface area contributed by atoms with Crippen LogP contribution in [0.5, 0.6) is 0 Å². The van der Waals surface area contributed by atoms with Gasteiger partial charge < -0.3 is 0 Å². The summed E-state index contributed by atoms with van der Waals surface area (Å²) >= 11 is 0. The maximum atomic E-state index is 2.38. The second-order valence-electron chi connectivity index (χ2n) is 4.64. The molecule has 1 saturated carbocycles. The Morgan fingerprint density at radius 3 is 2.27 bits per heavy atom. The van der Waals surface area contributed by atoms with Gasteiger partial charge in [-0.05, 0) is 36.7 Å². The molecule has 2 atom stereocenters. The van der Waals surface area contributed by atoms with Gasteiger partial charge in [0.15, 0.2) is 0 Å². The maximum absolute atomic E-state index is 2.38. The molecule has 60 valence electrons. The Morgan fingerprint density at radius 2 is 2.00 bits per heavy atom. The van der Waals surface area contributed by atoms with Crippen molar-refractivity contribution in [3.63, 3.8) is 0 Å². The quantitative estimate of drug-likeness (QED) is 0.495. The van der Waals surface area contributed by atoms with Gasteiger partial charge in [0.25, 0.3) is 0 Å². The highest BCUT2D eigenvalue weighted by Crippen LogP contribution is 2.66. The Kier molecular flexibility index (Phi) is 1.17. The van der Waals surface area contributed by atoms with Crippen molar-refractivity contribution in [2.24, 2.45) is 17.3 Å². The van der Waals surface area contributed by atoms with Crippen molar-refractivity contribution in [1.82, 2.24) is 0 Å². The number of rotatable bonds is 0. The highest BCUT2D eigenvalue weighted by molar-refractivity contribution is 5.44. The predicted molar refractivity (Wildman–Crippen MR) is 48.3 cm³/mol. The van der Waals surface area contributed by atoms with Crippen molar-refractivity contribution in [2.45, 2.75) is 27.7 Å². The molecule has 0 aliphatic heterocycles. The summed E-state index contributed by atoms with van der Waals surface area (Å²) in [5.41, 5.74) is 3.67. The van der Waals surface area contributed by atoms with Crippen molar-refractivity contribution < 1.29 is 0 Å². The molecule has 0 saturated heterocycles. The number of hydrogen-bond acceptors (Lipinski definition) is 0. The van der Waals surface area contributed by atoms with E-state index < -0.39 is 0 Å². The van der Waals surface area contributed by atoms with Crippen LogP contribution in [0.2, 0.25) is 0 Å². The first kappa shape index (κ1) is 7.15. The summed E-state index contributed by atoms with van der Waals surface area (Å²) < 4.78 is 0. The minimum atomic E-state index is 0.571. The summed E-state index contributed by atoms with van der Waals surface area (Å²) in [5.74, 6) is 1.71. The average molecular weight is 148 g/mol. The average Bonchev–Trinajstić information content (AvgIpc) is 2.34. The Bertz CT molecular complexity index is 249. The monoisotopic (exact) mass is 148 g/mol. The molecule has 1 fully saturated rings. The highest BCUT2D eigenvalue weighted by Gasteiger charge is 2.59. The number of fused-ring (bicyclic) bond motifs is 1. The zero-order valence-corrected chi connectivity index (χ0v) is 7.81. The zero-order valence-electron chi connectivity index (χ0n) is 7.81. The van der Waals surface area contributed by atoms with E-state index in [1.807, 2.05) is 0 Å². The van der Waals surface area contributed by atoms with Gasteiger partial charge in [0.05, 0.1) is 0 Å². The van der Waals surface area contributed by atoms with Gasteiger partial charge in [0, 0.05) is 0 Å². The SMILES string of the molecule is CC(C)=C1C=C[C@H]2[C@@H]1C2(C)C. The van der Waals surface area contributed by atoms with E-state index in [-0.39, 0.29) is 0 Å². The largest absolute Gasteiger partial charge is 0.0799 e. The molecule has 0 aromatic heterocycles. The summed E-state index contributed by atoms with van der Waals surface area (Å²) in [6, 6.07) is 0. The minimum Gasteiger partial charge on any atom is -0.0799 e. The van der Waals surface area contributed by atoms with Gasteiger partial charge in [-0.25, -0.2) is 0 Å². The second kappa shape index (κ2) is 1.80. The molecule has 0 aromatic carbocycles. The van der Waals surface area contributed by atoms with E-state index in [0.717, 1.165) is 11.8 Å². The molecule has 0 spiro atoms. The first-order valence-corrected chi connectivity index (χ1v) is 4.40. The van der Waals surface area contributed by atoms with Gasteiger partial charge >= 0.3 is 0 Å². The first-order valence-electron chi connectivity index (χ1n) is 4.40. The molecule has 0 amide bonds. The normalized spacial score (nSPS) is 37.3. The van der Waals surface area contributed by atoms with Crippen LogP contribution < -0.4 is 0 Å². The van der Waals surface area contributed by atoms with Crippen molar-refractivity contribution in [3.8, 4) is 0 Å². The van der Waals surface area contributed by atoms with Gasteiger partial charge in [-0.3, -0.25) is 0 Å². The topological polar surface area (TPSA) is 0 Å². The predicted octanol–water partition coefficient (Wildman–Crippen LogP) is 3.16. The van der Waals surface area contributed by atoms with E-state index in [9.17, 15) is 0 Å². The van der Waals surface area contributed by atoms with E-state index in [2.05, 4.69) is 39.8 Å². The van der Waals surface area contributed by atoms with Gasteiger partial charge in [0.1, 0.15) is 0 Å². The third-order valence-corrected chi connectivity index (χ3v) is 3.31. The standard InChI is InChI=1S/C11H16/c1-7(2)8-5-6-9-10(8)11(9,3)4/h5-6,9-10H,1-4H3/t9-,10+/m0/s1. The molecule has 0 unspecified atom stereocenters. The Balaban J connectivity index is 2.35. The lowest BCUT2D eigenvalue weighted by Gasteiger charge is -2.06. The molecule has 11 heavy (non-hydrogen) atoms. The van der Waals surface area contributed by atoms with Crippen LogP contribution in [0, 0.1) is 17.3 Å². The Hall–Kier alpha value is -0.520. The van der Waals surface area contributed by atoms with Gasteiger partial charge in [-0.2, -0.15) is 0 Å². The van der Waals surface area contributed by atoms with Crippen LogP contribution in [0.3, 0.4) is 0 Å². The smallest absolute Gasteiger partial charge is 0.00372 e. The van der Waals surface area contributed by atoms with Gasteiger partial charge in [-0.15, -0.1) is 0 Å². The lowest BCUT2D eigenvalue weighted by molar-refractivity contribution is 0.573. The molecule has 0 N–H and O–H groups in total. The van der Waals surface area contributed by atoms with E-state index in [0.29, 0.717) is 5.41 Å². The van der Waals surface area contributed by atoms with Crippen molar-refractivity contribution in [3.05, 3.63) is 23.3 Å². The van der Waals surface area contributed by atoms with Crippen LogP contribution in [0.25, 0.3) is 0 Å². The maximum Gasteiger partial charge on any atom is -0.00372 e. The van der Waals surface area contributed by atoms with E-state index >= 15 is 0 Å². The van der Waals surface area contributed by atoms with Gasteiger partial charge in [0.2, 0.25) is 0 Å². The van der Waals surface area contributed by atoms with Crippen molar-refractivity contribution >= 4 is 0 Å². The van der Waals surface area contributed by atoms with E-state index in [1.165, 1.54) is 5.57 Å². The molecule has 0 aromatic rings. The van der Waals surface area contributed by atoms with E-state index in [4.69, 9.17) is 0 Å². The Morgan fingerprint density at radius 1 is 1.36 bits per heavy atom. The molecule has 2 aliphatic rings. The van der Waals surface area contributed by atoms with Crippen LogP contribution >= 0.6 is 0 Å². The lowest BCUT2D eigenvalue weighted by Crippen LogP contribution is -1.95. The summed E-state index contributed by atoms with van der Waals surface area (Å²) in [5, 5.41) is 0. The third kappa shape index (κ3) is 0.756. The minimum absolute atomic E-state index is 0.571. The lowest BCUT2D eigenvalue weighted by atomic mass is 9.98. The molecule has 2 aliphatic carbocycles. The van der Waals surface area contributed by atoms with Crippen LogP contribution in [-0.4, -0.2) is 0 Å². The molecule has 0 bridgehead atoms. The fourth-order valence-electron chi connectivity index (χ4n) is 2.42. The fraction of sp³-hybridized carbons (Fsp3) is 0.636. The van der Waals surface area contributed by atoms with Crippen LogP contribution in [0.1, 0.15) is 27.7 Å². The molecule has 2 rings (SSSR count). The number of hydrogen-bond donors (Lipinski definition) is 0. The number of allylic oxidation sites excluding steroid dienone is 4. The first-order chi connectivity index (χ1) is 5.05. The fourth-order valence-corrected chi connectivity index (χ4v) is 2.42. The van der Waals surface area contributed by atoms with E-state index in [1.54, 1.807) is 5.57 Å². The van der Waals surface area contributed by atoms with Gasteiger partial charge in [-0.1, -0.05) is 31.6 Å². The highest BCUT2D eigenvalue weighted by atomic mass is 14.6. The molecular formula is C11H16. The van der Waals surface area contributed by atoms with Crippen LogP contribution in [0.15, 0.2) is 23.3 Å². The summed E-state index contributed by atoms with van der Waals surface area (Å²) in [4.78, 5) is 0. The van der Waals surface area contributed by atoms with Crippen molar-refractivity contribution in [2.75, 3.05) is 0 Å². The van der Waals surface area contributed by atoms with Crippen LogP contribution in [-0.2, 0) is 0 Å². The van der Waals surface area contributed by atoms with Crippen LogP contribution in [0.4, 0.5) is 0 Å². The summed E-state index contributed by atoms with van der Waals surface area (Å²) in [6.45, 7) is 9.18. The molecule has 0 nitrogen and oxygen atoms in total. The molecule has 0 heteroatoms. The summed E-state index contributed by atoms with van der Waals surface area (Å²) in [6.07, 6.45) is 4.70. The summed E-state index contributed by atoms with van der Waals surface area (Å²) in [7, 11) is 0. The van der Waals surface area contributed by atoms with Crippen molar-refractivity contribution in [1.29, 1.82) is 0 Å².